The van der Waals surface area contributed by atoms with Gasteiger partial charge in [0.25, 0.3) is 10.0 Å². The van der Waals surface area contributed by atoms with Crippen LogP contribution in [0.25, 0.3) is 0 Å². The van der Waals surface area contributed by atoms with E-state index in [1.807, 2.05) is 18.7 Å². The second-order valence-electron chi connectivity index (χ2n) is 5.12. The summed E-state index contributed by atoms with van der Waals surface area (Å²) in [5.41, 5.74) is 7.46. The molecule has 2 aromatic rings. The van der Waals surface area contributed by atoms with E-state index in [4.69, 9.17) is 28.9 Å². The van der Waals surface area contributed by atoms with E-state index in [0.717, 1.165) is 18.8 Å². The topological polar surface area (TPSA) is 75.4 Å². The van der Waals surface area contributed by atoms with Crippen molar-refractivity contribution in [3.05, 3.63) is 46.4 Å². The van der Waals surface area contributed by atoms with Crippen LogP contribution >= 0.6 is 23.2 Å². The lowest BCUT2D eigenvalue weighted by Crippen LogP contribution is -2.23. The summed E-state index contributed by atoms with van der Waals surface area (Å²) in [7, 11) is -3.82. The fourth-order valence-electron chi connectivity index (χ4n) is 2.33. The predicted octanol–water partition coefficient (Wildman–Crippen LogP) is 4.22. The van der Waals surface area contributed by atoms with Crippen LogP contribution in [0.4, 0.5) is 17.1 Å². The van der Waals surface area contributed by atoms with E-state index in [9.17, 15) is 8.42 Å². The van der Waals surface area contributed by atoms with Crippen LogP contribution in [-0.2, 0) is 10.0 Å². The minimum Gasteiger partial charge on any atom is -0.397 e. The molecule has 2 rings (SSSR count). The van der Waals surface area contributed by atoms with Crippen LogP contribution in [0.2, 0.25) is 10.0 Å². The second-order valence-corrected chi connectivity index (χ2v) is 7.65. The van der Waals surface area contributed by atoms with E-state index in [1.54, 1.807) is 12.1 Å². The van der Waals surface area contributed by atoms with Crippen molar-refractivity contribution in [1.29, 1.82) is 0 Å². The zero-order valence-electron chi connectivity index (χ0n) is 13.4. The van der Waals surface area contributed by atoms with Gasteiger partial charge in [0.1, 0.15) is 0 Å². The highest BCUT2D eigenvalue weighted by Crippen LogP contribution is 2.30. The first-order chi connectivity index (χ1) is 11.3. The van der Waals surface area contributed by atoms with Gasteiger partial charge >= 0.3 is 0 Å². The van der Waals surface area contributed by atoms with Gasteiger partial charge < -0.3 is 10.6 Å². The SMILES string of the molecule is CCN(CC)c1ccc(S(=O)(=O)Nc2cc(Cl)ccc2Cl)cc1N. The second kappa shape index (κ2) is 7.51. The van der Waals surface area contributed by atoms with Crippen LogP contribution in [-0.4, -0.2) is 21.5 Å². The first-order valence-electron chi connectivity index (χ1n) is 7.40. The Morgan fingerprint density at radius 1 is 1.08 bits per heavy atom. The van der Waals surface area contributed by atoms with Crippen LogP contribution in [0, 0.1) is 0 Å². The monoisotopic (exact) mass is 387 g/mol. The highest BCUT2D eigenvalue weighted by molar-refractivity contribution is 7.92. The molecule has 0 atom stereocenters. The van der Waals surface area contributed by atoms with Gasteiger partial charge in [0, 0.05) is 18.1 Å². The fourth-order valence-corrected chi connectivity index (χ4v) is 3.83. The maximum atomic E-state index is 12.6. The van der Waals surface area contributed by atoms with Crippen molar-refractivity contribution in [3.8, 4) is 0 Å². The van der Waals surface area contributed by atoms with Crippen molar-refractivity contribution < 1.29 is 8.42 Å². The molecule has 5 nitrogen and oxygen atoms in total. The Bertz CT molecular complexity index is 837. The third kappa shape index (κ3) is 4.06. The summed E-state index contributed by atoms with van der Waals surface area (Å²) < 4.78 is 27.5. The zero-order valence-corrected chi connectivity index (χ0v) is 15.7. The molecule has 2 aromatic carbocycles. The molecule has 0 spiro atoms. The first-order valence-corrected chi connectivity index (χ1v) is 9.64. The normalized spacial score (nSPS) is 11.3. The van der Waals surface area contributed by atoms with Gasteiger partial charge in [-0.25, -0.2) is 8.42 Å². The molecule has 8 heteroatoms. The Kier molecular flexibility index (Phi) is 5.85. The van der Waals surface area contributed by atoms with Gasteiger partial charge in [0.15, 0.2) is 0 Å². The molecular weight excluding hydrogens is 369 g/mol. The molecule has 3 N–H and O–H groups in total. The number of hydrogen-bond donors (Lipinski definition) is 2. The van der Waals surface area contributed by atoms with E-state index in [1.165, 1.54) is 24.3 Å². The molecule has 0 radical (unpaired) electrons. The molecule has 0 fully saturated rings. The van der Waals surface area contributed by atoms with Crippen molar-refractivity contribution >= 4 is 50.3 Å². The first kappa shape index (κ1) is 18.7. The average Bonchev–Trinajstić information content (AvgIpc) is 2.53. The third-order valence-corrected chi connectivity index (χ3v) is 5.51. The van der Waals surface area contributed by atoms with Crippen molar-refractivity contribution in [3.63, 3.8) is 0 Å². The Hall–Kier alpha value is -1.63. The number of sulfonamides is 1. The summed E-state index contributed by atoms with van der Waals surface area (Å²) in [4.78, 5) is 2.11. The fraction of sp³-hybridized carbons (Fsp3) is 0.250. The third-order valence-electron chi connectivity index (χ3n) is 3.59. The molecule has 0 aliphatic rings. The molecule has 0 heterocycles. The molecule has 130 valence electrons. The van der Waals surface area contributed by atoms with Crippen LogP contribution in [0.1, 0.15) is 13.8 Å². The van der Waals surface area contributed by atoms with Crippen LogP contribution in [0.15, 0.2) is 41.3 Å². The van der Waals surface area contributed by atoms with Crippen molar-refractivity contribution in [2.24, 2.45) is 0 Å². The number of hydrogen-bond acceptors (Lipinski definition) is 4. The summed E-state index contributed by atoms with van der Waals surface area (Å²) in [5.74, 6) is 0. The summed E-state index contributed by atoms with van der Waals surface area (Å²) in [5, 5.41) is 0.643. The molecule has 0 aliphatic heterocycles. The van der Waals surface area contributed by atoms with Crippen molar-refractivity contribution in [1.82, 2.24) is 0 Å². The van der Waals surface area contributed by atoms with Gasteiger partial charge in [-0.15, -0.1) is 0 Å². The summed E-state index contributed by atoms with van der Waals surface area (Å²) in [6.07, 6.45) is 0. The molecule has 0 bridgehead atoms. The lowest BCUT2D eigenvalue weighted by Gasteiger charge is -2.23. The number of nitrogens with zero attached hydrogens (tertiary/aromatic N) is 1. The largest absolute Gasteiger partial charge is 0.397 e. The van der Waals surface area contributed by atoms with Crippen LogP contribution in [0.3, 0.4) is 0 Å². The van der Waals surface area contributed by atoms with E-state index >= 15 is 0 Å². The minimum absolute atomic E-state index is 0.0620. The molecule has 0 saturated heterocycles. The minimum atomic E-state index is -3.82. The van der Waals surface area contributed by atoms with E-state index in [0.29, 0.717) is 10.7 Å². The van der Waals surface area contributed by atoms with E-state index in [2.05, 4.69) is 4.72 Å². The lowest BCUT2D eigenvalue weighted by atomic mass is 10.2. The van der Waals surface area contributed by atoms with Crippen molar-refractivity contribution in [2.45, 2.75) is 18.7 Å². The number of nitrogens with one attached hydrogen (secondary N) is 1. The van der Waals surface area contributed by atoms with Gasteiger partial charge in [-0.3, -0.25) is 4.72 Å². The standard InChI is InChI=1S/C16H19Cl2N3O2S/c1-3-21(4-2)16-8-6-12(10-14(16)19)24(22,23)20-15-9-11(17)5-7-13(15)18/h5-10,20H,3-4,19H2,1-2H3. The number of halogens is 2. The van der Waals surface area contributed by atoms with E-state index in [-0.39, 0.29) is 15.6 Å². The summed E-state index contributed by atoms with van der Waals surface area (Å²) >= 11 is 11.9. The summed E-state index contributed by atoms with van der Waals surface area (Å²) in [6, 6.07) is 9.23. The average molecular weight is 388 g/mol. The molecule has 0 aliphatic carbocycles. The van der Waals surface area contributed by atoms with Gasteiger partial charge in [-0.2, -0.15) is 0 Å². The number of anilines is 3. The smallest absolute Gasteiger partial charge is 0.262 e. The Morgan fingerprint density at radius 2 is 1.75 bits per heavy atom. The van der Waals surface area contributed by atoms with Gasteiger partial charge in [0.05, 0.1) is 27.0 Å². The highest BCUT2D eigenvalue weighted by atomic mass is 35.5. The Morgan fingerprint density at radius 3 is 2.33 bits per heavy atom. The molecule has 0 saturated carbocycles. The van der Waals surface area contributed by atoms with Gasteiger partial charge in [-0.1, -0.05) is 23.2 Å². The van der Waals surface area contributed by atoms with E-state index < -0.39 is 10.0 Å². The lowest BCUT2D eigenvalue weighted by molar-refractivity contribution is 0.601. The Labute approximate surface area is 152 Å². The predicted molar refractivity (Wildman–Crippen MR) is 102 cm³/mol. The number of nitrogens with two attached hydrogens (primary N) is 1. The Balaban J connectivity index is 2.36. The molecular formula is C16H19Cl2N3O2S. The van der Waals surface area contributed by atoms with Crippen LogP contribution in [0.5, 0.6) is 0 Å². The summed E-state index contributed by atoms with van der Waals surface area (Å²) in [6.45, 7) is 5.58. The maximum Gasteiger partial charge on any atom is 0.262 e. The maximum absolute atomic E-state index is 12.6. The van der Waals surface area contributed by atoms with Gasteiger partial charge in [-0.05, 0) is 50.2 Å². The van der Waals surface area contributed by atoms with Crippen LogP contribution < -0.4 is 15.4 Å². The highest BCUT2D eigenvalue weighted by Gasteiger charge is 2.18. The van der Waals surface area contributed by atoms with Gasteiger partial charge in [0.2, 0.25) is 0 Å². The zero-order chi connectivity index (χ0) is 17.9. The molecule has 0 unspecified atom stereocenters. The molecule has 24 heavy (non-hydrogen) atoms. The number of rotatable bonds is 6. The molecule has 0 aromatic heterocycles. The number of nitrogen functional groups attached to an aromatic ring is 1. The number of benzene rings is 2. The quantitative estimate of drug-likeness (QED) is 0.727. The van der Waals surface area contributed by atoms with Crippen molar-refractivity contribution in [2.75, 3.05) is 28.4 Å². The molecule has 0 amide bonds.